The van der Waals surface area contributed by atoms with E-state index in [0.717, 1.165) is 15.4 Å². The Kier molecular flexibility index (Phi) is 10.6. The van der Waals surface area contributed by atoms with E-state index >= 15 is 0 Å². The van der Waals surface area contributed by atoms with Gasteiger partial charge in [0, 0.05) is 22.6 Å². The van der Waals surface area contributed by atoms with Crippen LogP contribution in [0.4, 0.5) is 5.69 Å². The summed E-state index contributed by atoms with van der Waals surface area (Å²) in [6.45, 7) is 8.70. The zero-order valence-electron chi connectivity index (χ0n) is 23.3. The Hall–Kier alpha value is -3.07. The summed E-state index contributed by atoms with van der Waals surface area (Å²) in [5.41, 5.74) is 2.77. The maximum atomic E-state index is 14.1. The fourth-order valence-corrected chi connectivity index (χ4v) is 6.09. The molecule has 0 bridgehead atoms. The van der Waals surface area contributed by atoms with Gasteiger partial charge in [-0.1, -0.05) is 71.6 Å². The molecule has 3 rings (SSSR count). The highest BCUT2D eigenvalue weighted by atomic mass is 35.5. The Morgan fingerprint density at radius 1 is 0.900 bits per heavy atom. The molecule has 1 atom stereocenters. The van der Waals surface area contributed by atoms with Crippen molar-refractivity contribution in [3.05, 3.63) is 93.5 Å². The molecule has 0 spiro atoms. The summed E-state index contributed by atoms with van der Waals surface area (Å²) in [7, 11) is -4.13. The van der Waals surface area contributed by atoms with Gasteiger partial charge in [0.15, 0.2) is 0 Å². The molecule has 0 aromatic heterocycles. The molecular formula is C30H35Cl2N3O4S. The fourth-order valence-electron chi connectivity index (χ4n) is 4.21. The van der Waals surface area contributed by atoms with Crippen molar-refractivity contribution in [2.75, 3.05) is 10.8 Å². The number of nitrogens with zero attached hydrogens (tertiary/aromatic N) is 2. The summed E-state index contributed by atoms with van der Waals surface area (Å²) in [5.74, 6) is -0.882. The molecule has 0 aliphatic carbocycles. The lowest BCUT2D eigenvalue weighted by Gasteiger charge is -2.33. The molecule has 214 valence electrons. The van der Waals surface area contributed by atoms with E-state index in [1.165, 1.54) is 17.0 Å². The summed E-state index contributed by atoms with van der Waals surface area (Å²) < 4.78 is 28.9. The lowest BCUT2D eigenvalue weighted by atomic mass is 10.1. The first-order valence-corrected chi connectivity index (χ1v) is 15.2. The molecule has 0 aliphatic heterocycles. The second-order valence-electron chi connectivity index (χ2n) is 10.0. The van der Waals surface area contributed by atoms with Crippen LogP contribution in [0, 0.1) is 13.8 Å². The summed E-state index contributed by atoms with van der Waals surface area (Å²) in [6.07, 6.45) is 0.310. The van der Waals surface area contributed by atoms with E-state index in [2.05, 4.69) is 5.32 Å². The third-order valence-corrected chi connectivity index (χ3v) is 8.76. The van der Waals surface area contributed by atoms with E-state index in [4.69, 9.17) is 23.2 Å². The van der Waals surface area contributed by atoms with Crippen molar-refractivity contribution in [1.82, 2.24) is 10.2 Å². The number of sulfonamides is 1. The minimum absolute atomic E-state index is 0.00876. The van der Waals surface area contributed by atoms with E-state index in [0.29, 0.717) is 27.7 Å². The van der Waals surface area contributed by atoms with Gasteiger partial charge in [-0.15, -0.1) is 0 Å². The Balaban J connectivity index is 2.08. The molecule has 0 fully saturated rings. The van der Waals surface area contributed by atoms with Gasteiger partial charge in [0.2, 0.25) is 11.8 Å². The molecule has 0 saturated carbocycles. The van der Waals surface area contributed by atoms with E-state index in [1.807, 2.05) is 27.7 Å². The second kappa shape index (κ2) is 13.5. The van der Waals surface area contributed by atoms with Crippen LogP contribution >= 0.6 is 23.2 Å². The number of hydrogen-bond donors (Lipinski definition) is 1. The Morgan fingerprint density at radius 3 is 2.00 bits per heavy atom. The van der Waals surface area contributed by atoms with Crippen molar-refractivity contribution >= 4 is 50.7 Å². The molecule has 10 heteroatoms. The highest BCUT2D eigenvalue weighted by molar-refractivity contribution is 7.92. The van der Waals surface area contributed by atoms with Crippen LogP contribution in [0.15, 0.2) is 71.6 Å². The van der Waals surface area contributed by atoms with Crippen LogP contribution in [-0.2, 0) is 26.2 Å². The second-order valence-corrected chi connectivity index (χ2v) is 12.7. The molecule has 0 heterocycles. The average Bonchev–Trinajstić information content (AvgIpc) is 2.88. The zero-order valence-corrected chi connectivity index (χ0v) is 25.6. The maximum Gasteiger partial charge on any atom is 0.264 e. The minimum atomic E-state index is -4.13. The number of hydrogen-bond acceptors (Lipinski definition) is 4. The average molecular weight is 605 g/mol. The van der Waals surface area contributed by atoms with Crippen LogP contribution in [0.2, 0.25) is 10.0 Å². The molecule has 2 amide bonds. The van der Waals surface area contributed by atoms with Crippen LogP contribution in [0.1, 0.15) is 43.9 Å². The molecule has 3 aromatic rings. The summed E-state index contributed by atoms with van der Waals surface area (Å²) in [5, 5.41) is 3.65. The summed E-state index contributed by atoms with van der Waals surface area (Å²) in [4.78, 5) is 28.7. The quantitative estimate of drug-likeness (QED) is 0.285. The number of nitrogens with one attached hydrogen (secondary N) is 1. The van der Waals surface area contributed by atoms with Crippen LogP contribution < -0.4 is 9.62 Å². The van der Waals surface area contributed by atoms with Gasteiger partial charge in [-0.25, -0.2) is 8.42 Å². The summed E-state index contributed by atoms with van der Waals surface area (Å²) >= 11 is 12.5. The standard InChI is InChI=1S/C30H35Cl2N3O4S/c1-6-28(30(37)33-20(2)3)34(18-23-11-12-24(31)17-27(23)32)29(36)19-35(25-13-7-21(4)8-14-25)40(38,39)26-15-9-22(5)10-16-26/h7-17,20,28H,6,18-19H2,1-5H3,(H,33,37). The first kappa shape index (κ1) is 31.5. The van der Waals surface area contributed by atoms with Gasteiger partial charge in [0.1, 0.15) is 12.6 Å². The largest absolute Gasteiger partial charge is 0.352 e. The molecule has 3 aromatic carbocycles. The SMILES string of the molecule is CCC(C(=O)NC(C)C)N(Cc1ccc(Cl)cc1Cl)C(=O)CN(c1ccc(C)cc1)S(=O)(=O)c1ccc(C)cc1. The molecule has 0 saturated heterocycles. The number of carbonyl (C=O) groups excluding carboxylic acids is 2. The number of benzene rings is 3. The van der Waals surface area contributed by atoms with Gasteiger partial charge in [0.25, 0.3) is 10.0 Å². The first-order valence-electron chi connectivity index (χ1n) is 13.0. The van der Waals surface area contributed by atoms with Crippen molar-refractivity contribution in [3.8, 4) is 0 Å². The molecule has 7 nitrogen and oxygen atoms in total. The zero-order chi connectivity index (χ0) is 29.6. The molecule has 1 N–H and O–H groups in total. The van der Waals surface area contributed by atoms with Crippen molar-refractivity contribution in [2.24, 2.45) is 0 Å². The monoisotopic (exact) mass is 603 g/mol. The van der Waals surface area contributed by atoms with Gasteiger partial charge >= 0.3 is 0 Å². The van der Waals surface area contributed by atoms with E-state index in [9.17, 15) is 18.0 Å². The third kappa shape index (κ3) is 7.77. The molecule has 40 heavy (non-hydrogen) atoms. The topological polar surface area (TPSA) is 86.8 Å². The number of halogens is 2. The molecular weight excluding hydrogens is 569 g/mol. The van der Waals surface area contributed by atoms with Gasteiger partial charge in [-0.05, 0) is 76.1 Å². The maximum absolute atomic E-state index is 14.1. The van der Waals surface area contributed by atoms with Crippen molar-refractivity contribution in [3.63, 3.8) is 0 Å². The van der Waals surface area contributed by atoms with Crippen LogP contribution in [-0.4, -0.2) is 43.8 Å². The highest BCUT2D eigenvalue weighted by Crippen LogP contribution is 2.27. The van der Waals surface area contributed by atoms with E-state index < -0.39 is 28.5 Å². The number of carbonyl (C=O) groups is 2. The Bertz CT molecular complexity index is 1440. The molecule has 1 unspecified atom stereocenters. The Labute approximate surface area is 247 Å². The lowest BCUT2D eigenvalue weighted by Crippen LogP contribution is -2.53. The number of anilines is 1. The Morgan fingerprint density at radius 2 is 1.48 bits per heavy atom. The number of rotatable bonds is 11. The van der Waals surface area contributed by atoms with E-state index in [-0.39, 0.29) is 23.4 Å². The van der Waals surface area contributed by atoms with Crippen LogP contribution in [0.3, 0.4) is 0 Å². The predicted octanol–water partition coefficient (Wildman–Crippen LogP) is 6.14. The lowest BCUT2D eigenvalue weighted by molar-refractivity contribution is -0.140. The van der Waals surface area contributed by atoms with Gasteiger partial charge in [-0.2, -0.15) is 0 Å². The molecule has 0 aliphatic rings. The van der Waals surface area contributed by atoms with E-state index in [1.54, 1.807) is 61.5 Å². The van der Waals surface area contributed by atoms with Gasteiger partial charge < -0.3 is 10.2 Å². The predicted molar refractivity (Wildman–Crippen MR) is 161 cm³/mol. The normalized spacial score (nSPS) is 12.2. The van der Waals surface area contributed by atoms with Crippen molar-refractivity contribution in [2.45, 2.75) is 64.6 Å². The smallest absolute Gasteiger partial charge is 0.264 e. The molecule has 0 radical (unpaired) electrons. The minimum Gasteiger partial charge on any atom is -0.352 e. The highest BCUT2D eigenvalue weighted by Gasteiger charge is 2.34. The fraction of sp³-hybridized carbons (Fsp3) is 0.333. The van der Waals surface area contributed by atoms with Gasteiger partial charge in [0.05, 0.1) is 10.6 Å². The van der Waals surface area contributed by atoms with Crippen LogP contribution in [0.5, 0.6) is 0 Å². The summed E-state index contributed by atoms with van der Waals surface area (Å²) in [6, 6.07) is 17.3. The van der Waals surface area contributed by atoms with Crippen molar-refractivity contribution in [1.29, 1.82) is 0 Å². The van der Waals surface area contributed by atoms with Crippen molar-refractivity contribution < 1.29 is 18.0 Å². The van der Waals surface area contributed by atoms with Gasteiger partial charge in [-0.3, -0.25) is 13.9 Å². The number of aryl methyl sites for hydroxylation is 2. The third-order valence-electron chi connectivity index (χ3n) is 6.38. The first-order chi connectivity index (χ1) is 18.8. The van der Waals surface area contributed by atoms with Crippen LogP contribution in [0.25, 0.3) is 0 Å². The number of amides is 2.